The van der Waals surface area contributed by atoms with Gasteiger partial charge in [-0.15, -0.1) is 0 Å². The van der Waals surface area contributed by atoms with Crippen molar-refractivity contribution in [2.45, 2.75) is 64.8 Å². The Balaban J connectivity index is 0.000000258. The van der Waals surface area contributed by atoms with Gasteiger partial charge in [-0.3, -0.25) is 9.59 Å². The Morgan fingerprint density at radius 2 is 1.62 bits per heavy atom. The van der Waals surface area contributed by atoms with E-state index < -0.39 is 0 Å². The Hall–Kier alpha value is -1.36. The SMILES string of the molecule is CCBr.O=C1CCCCCN1.O=C1CCCCCN1Cc1ccccc1. The molecule has 0 spiro atoms. The molecule has 0 radical (unpaired) electrons. The fourth-order valence-corrected chi connectivity index (χ4v) is 2.91. The molecular weight excluding hydrogens is 392 g/mol. The van der Waals surface area contributed by atoms with E-state index in [0.717, 1.165) is 63.5 Å². The average Bonchev–Trinajstić information content (AvgIpc) is 3.00. The van der Waals surface area contributed by atoms with E-state index in [9.17, 15) is 9.59 Å². The second-order valence-corrected chi connectivity index (χ2v) is 7.66. The molecule has 0 aliphatic carbocycles. The van der Waals surface area contributed by atoms with Crippen LogP contribution in [0, 0.1) is 0 Å². The van der Waals surface area contributed by atoms with Crippen molar-refractivity contribution in [2.75, 3.05) is 18.4 Å². The van der Waals surface area contributed by atoms with E-state index in [-0.39, 0.29) is 5.91 Å². The standard InChI is InChI=1S/C13H17NO.C6H11NO.C2H5Br/c15-13-9-5-2-6-10-14(13)11-12-7-3-1-4-8-12;8-6-4-2-1-3-5-7-6;1-2-3/h1,3-4,7-8H,2,5-6,9-11H2;1-5H2,(H,7,8);2H2,1H3. The van der Waals surface area contributed by atoms with Crippen LogP contribution in [0.15, 0.2) is 30.3 Å². The number of hydrogen-bond acceptors (Lipinski definition) is 2. The summed E-state index contributed by atoms with van der Waals surface area (Å²) in [6.07, 6.45) is 8.31. The summed E-state index contributed by atoms with van der Waals surface area (Å²) >= 11 is 3.15. The van der Waals surface area contributed by atoms with E-state index in [2.05, 4.69) is 33.4 Å². The van der Waals surface area contributed by atoms with Crippen LogP contribution in [0.25, 0.3) is 0 Å². The van der Waals surface area contributed by atoms with Crippen LogP contribution in [0.2, 0.25) is 0 Å². The molecule has 0 saturated carbocycles. The summed E-state index contributed by atoms with van der Waals surface area (Å²) in [7, 11) is 0. The molecule has 3 rings (SSSR count). The lowest BCUT2D eigenvalue weighted by atomic mass is 10.2. The van der Waals surface area contributed by atoms with E-state index in [1.807, 2.05) is 30.0 Å². The smallest absolute Gasteiger partial charge is 0.222 e. The Morgan fingerprint density at radius 1 is 0.962 bits per heavy atom. The van der Waals surface area contributed by atoms with E-state index in [1.165, 1.54) is 18.4 Å². The van der Waals surface area contributed by atoms with Crippen LogP contribution in [-0.2, 0) is 16.1 Å². The minimum Gasteiger partial charge on any atom is -0.356 e. The monoisotopic (exact) mass is 424 g/mol. The third-order valence-electron chi connectivity index (χ3n) is 4.29. The van der Waals surface area contributed by atoms with Crippen molar-refractivity contribution in [1.29, 1.82) is 0 Å². The number of benzene rings is 1. The van der Waals surface area contributed by atoms with E-state index in [4.69, 9.17) is 0 Å². The first kappa shape index (κ1) is 22.7. The fraction of sp³-hybridized carbons (Fsp3) is 0.619. The minimum absolute atomic E-state index is 0.225. The molecule has 0 atom stereocenters. The molecule has 0 bridgehead atoms. The number of nitrogens with one attached hydrogen (secondary N) is 1. The normalized spacial score (nSPS) is 17.5. The summed E-state index contributed by atoms with van der Waals surface area (Å²) in [4.78, 5) is 24.3. The van der Waals surface area contributed by atoms with E-state index >= 15 is 0 Å². The van der Waals surface area contributed by atoms with Gasteiger partial charge in [-0.1, -0.05) is 66.0 Å². The number of hydrogen-bond donors (Lipinski definition) is 1. The molecule has 146 valence electrons. The zero-order valence-corrected chi connectivity index (χ0v) is 17.6. The summed E-state index contributed by atoms with van der Waals surface area (Å²) in [5.74, 6) is 0.541. The number of amides is 2. The van der Waals surface area contributed by atoms with Crippen LogP contribution in [0.1, 0.15) is 63.9 Å². The molecule has 0 aromatic heterocycles. The molecule has 2 fully saturated rings. The number of alkyl halides is 1. The van der Waals surface area contributed by atoms with Crippen molar-refractivity contribution in [1.82, 2.24) is 10.2 Å². The summed E-state index contributed by atoms with van der Waals surface area (Å²) < 4.78 is 0. The lowest BCUT2D eigenvalue weighted by Crippen LogP contribution is -2.29. The van der Waals surface area contributed by atoms with Gasteiger partial charge < -0.3 is 10.2 Å². The Kier molecular flexibility index (Phi) is 12.9. The molecule has 1 aromatic carbocycles. The van der Waals surface area contributed by atoms with Gasteiger partial charge in [0.05, 0.1) is 0 Å². The second kappa shape index (κ2) is 14.8. The van der Waals surface area contributed by atoms with Gasteiger partial charge in [0.15, 0.2) is 0 Å². The summed E-state index contributed by atoms with van der Waals surface area (Å²) in [5, 5.41) is 3.87. The molecule has 2 heterocycles. The van der Waals surface area contributed by atoms with E-state index in [1.54, 1.807) is 0 Å². The van der Waals surface area contributed by atoms with E-state index in [0.29, 0.717) is 5.91 Å². The Labute approximate surface area is 166 Å². The maximum atomic E-state index is 11.7. The molecule has 26 heavy (non-hydrogen) atoms. The van der Waals surface area contributed by atoms with Crippen molar-refractivity contribution >= 4 is 27.7 Å². The maximum absolute atomic E-state index is 11.7. The first-order chi connectivity index (χ1) is 12.7. The molecular formula is C21H33BrN2O2. The van der Waals surface area contributed by atoms with Gasteiger partial charge >= 0.3 is 0 Å². The summed E-state index contributed by atoms with van der Waals surface area (Å²) in [6.45, 7) is 4.63. The molecule has 1 N–H and O–H groups in total. The van der Waals surface area contributed by atoms with Crippen LogP contribution in [-0.4, -0.2) is 35.1 Å². The zero-order chi connectivity index (χ0) is 19.0. The van der Waals surface area contributed by atoms with Gasteiger partial charge in [-0.25, -0.2) is 0 Å². The second-order valence-electron chi connectivity index (χ2n) is 6.54. The number of halogens is 1. The summed E-state index contributed by atoms with van der Waals surface area (Å²) in [6, 6.07) is 10.2. The Bertz CT molecular complexity index is 498. The zero-order valence-electron chi connectivity index (χ0n) is 16.0. The highest BCUT2D eigenvalue weighted by atomic mass is 79.9. The van der Waals surface area contributed by atoms with Crippen LogP contribution >= 0.6 is 15.9 Å². The number of nitrogens with zero attached hydrogens (tertiary/aromatic N) is 1. The molecule has 2 aliphatic heterocycles. The maximum Gasteiger partial charge on any atom is 0.222 e. The average molecular weight is 425 g/mol. The number of carbonyl (C=O) groups excluding carboxylic acids is 2. The molecule has 2 amide bonds. The molecule has 5 heteroatoms. The number of carbonyl (C=O) groups is 2. The van der Waals surface area contributed by atoms with Crippen molar-refractivity contribution < 1.29 is 9.59 Å². The lowest BCUT2D eigenvalue weighted by Gasteiger charge is -2.20. The predicted molar refractivity (Wildman–Crippen MR) is 111 cm³/mol. The van der Waals surface area contributed by atoms with Gasteiger partial charge in [-0.2, -0.15) is 0 Å². The van der Waals surface area contributed by atoms with Gasteiger partial charge in [-0.05, 0) is 31.2 Å². The quantitative estimate of drug-likeness (QED) is 0.701. The third kappa shape index (κ3) is 10.6. The van der Waals surface area contributed by atoms with Crippen LogP contribution < -0.4 is 5.32 Å². The third-order valence-corrected chi connectivity index (χ3v) is 4.29. The molecule has 2 aliphatic rings. The van der Waals surface area contributed by atoms with Gasteiger partial charge in [0.25, 0.3) is 0 Å². The van der Waals surface area contributed by atoms with Crippen molar-refractivity contribution in [3.63, 3.8) is 0 Å². The lowest BCUT2D eigenvalue weighted by molar-refractivity contribution is -0.131. The van der Waals surface area contributed by atoms with Crippen LogP contribution in [0.4, 0.5) is 0 Å². The van der Waals surface area contributed by atoms with Gasteiger partial charge in [0.2, 0.25) is 11.8 Å². The largest absolute Gasteiger partial charge is 0.356 e. The first-order valence-electron chi connectivity index (χ1n) is 9.81. The summed E-state index contributed by atoms with van der Waals surface area (Å²) in [5.41, 5.74) is 1.23. The van der Waals surface area contributed by atoms with Crippen molar-refractivity contribution in [2.24, 2.45) is 0 Å². The minimum atomic E-state index is 0.225. The number of likely N-dealkylation sites (tertiary alicyclic amines) is 1. The highest BCUT2D eigenvalue weighted by Crippen LogP contribution is 2.14. The Morgan fingerprint density at radius 3 is 2.35 bits per heavy atom. The van der Waals surface area contributed by atoms with Gasteiger partial charge in [0, 0.05) is 37.8 Å². The topological polar surface area (TPSA) is 49.4 Å². The fourth-order valence-electron chi connectivity index (χ4n) is 2.91. The van der Waals surface area contributed by atoms with Gasteiger partial charge in [0.1, 0.15) is 0 Å². The molecule has 2 saturated heterocycles. The highest BCUT2D eigenvalue weighted by molar-refractivity contribution is 9.09. The van der Waals surface area contributed by atoms with Crippen LogP contribution in [0.5, 0.6) is 0 Å². The highest BCUT2D eigenvalue weighted by Gasteiger charge is 2.16. The number of rotatable bonds is 2. The predicted octanol–water partition coefficient (Wildman–Crippen LogP) is 4.67. The molecule has 0 unspecified atom stereocenters. The van der Waals surface area contributed by atoms with Crippen LogP contribution in [0.3, 0.4) is 0 Å². The van der Waals surface area contributed by atoms with Crippen molar-refractivity contribution in [3.8, 4) is 0 Å². The van der Waals surface area contributed by atoms with Crippen molar-refractivity contribution in [3.05, 3.63) is 35.9 Å². The molecule has 4 nitrogen and oxygen atoms in total. The molecule has 1 aromatic rings. The first-order valence-corrected chi connectivity index (χ1v) is 10.9.